The Morgan fingerprint density at radius 3 is 2.06 bits per heavy atom. The molecule has 1 unspecified atom stereocenters. The molecule has 0 radical (unpaired) electrons. The maximum absolute atomic E-state index is 6.34. The maximum atomic E-state index is 6.34. The van der Waals surface area contributed by atoms with Crippen LogP contribution in [0.2, 0.25) is 0 Å². The second kappa shape index (κ2) is 5.89. The zero-order chi connectivity index (χ0) is 12.9. The van der Waals surface area contributed by atoms with Gasteiger partial charge >= 0.3 is 0 Å². The molecule has 1 aromatic carbocycles. The number of methoxy groups -OCH3 is 3. The Morgan fingerprint density at radius 2 is 1.65 bits per heavy atom. The van der Waals surface area contributed by atoms with Gasteiger partial charge in [-0.3, -0.25) is 0 Å². The summed E-state index contributed by atoms with van der Waals surface area (Å²) in [5.41, 5.74) is 6.67. The van der Waals surface area contributed by atoms with E-state index >= 15 is 0 Å². The molecule has 0 aliphatic heterocycles. The predicted octanol–water partition coefficient (Wildman–Crippen LogP) is 1.91. The first-order chi connectivity index (χ1) is 8.06. The average Bonchev–Trinajstić information content (AvgIpc) is 2.35. The molecule has 0 aliphatic rings. The van der Waals surface area contributed by atoms with Crippen LogP contribution in [0, 0.1) is 0 Å². The molecule has 0 aromatic heterocycles. The summed E-state index contributed by atoms with van der Waals surface area (Å²) in [5, 5.41) is 0. The van der Waals surface area contributed by atoms with Gasteiger partial charge in [-0.15, -0.1) is 0 Å². The van der Waals surface area contributed by atoms with Crippen molar-refractivity contribution >= 4 is 0 Å². The van der Waals surface area contributed by atoms with Crippen LogP contribution in [0.3, 0.4) is 0 Å². The van der Waals surface area contributed by atoms with E-state index in [4.69, 9.17) is 19.9 Å². The fraction of sp³-hybridized carbons (Fsp3) is 0.538. The van der Waals surface area contributed by atoms with E-state index in [0.29, 0.717) is 13.0 Å². The first-order valence-electron chi connectivity index (χ1n) is 5.56. The average molecular weight is 239 g/mol. The standard InChI is InChI=1S/C13H21NO3/c1-13(14,8-9-15-2)12-10(16-3)6-5-7-11(12)17-4/h5-7H,8-9,14H2,1-4H3. The Kier molecular flexibility index (Phi) is 4.78. The summed E-state index contributed by atoms with van der Waals surface area (Å²) in [6.07, 6.45) is 0.695. The third kappa shape index (κ3) is 3.11. The van der Waals surface area contributed by atoms with Crippen LogP contribution in [0.1, 0.15) is 18.9 Å². The number of ether oxygens (including phenoxy) is 3. The molecular formula is C13H21NO3. The van der Waals surface area contributed by atoms with Gasteiger partial charge in [-0.1, -0.05) is 6.07 Å². The summed E-state index contributed by atoms with van der Waals surface area (Å²) >= 11 is 0. The summed E-state index contributed by atoms with van der Waals surface area (Å²) < 4.78 is 15.8. The molecule has 4 heteroatoms. The summed E-state index contributed by atoms with van der Waals surface area (Å²) in [5.74, 6) is 1.48. The van der Waals surface area contributed by atoms with E-state index in [1.165, 1.54) is 0 Å². The highest BCUT2D eigenvalue weighted by molar-refractivity contribution is 5.49. The molecule has 4 nitrogen and oxygen atoms in total. The first kappa shape index (κ1) is 13.8. The van der Waals surface area contributed by atoms with Crippen LogP contribution in [0.5, 0.6) is 11.5 Å². The molecule has 0 heterocycles. The van der Waals surface area contributed by atoms with Gasteiger partial charge < -0.3 is 19.9 Å². The fourth-order valence-corrected chi connectivity index (χ4v) is 1.85. The number of benzene rings is 1. The Bertz CT molecular complexity index is 341. The summed E-state index contributed by atoms with van der Waals surface area (Å²) in [4.78, 5) is 0. The summed E-state index contributed by atoms with van der Waals surface area (Å²) in [6, 6.07) is 5.65. The molecule has 0 fully saturated rings. The minimum Gasteiger partial charge on any atom is -0.496 e. The van der Waals surface area contributed by atoms with E-state index in [1.54, 1.807) is 21.3 Å². The second-order valence-electron chi connectivity index (χ2n) is 4.20. The quantitative estimate of drug-likeness (QED) is 0.824. The lowest BCUT2D eigenvalue weighted by Gasteiger charge is -2.28. The molecule has 96 valence electrons. The summed E-state index contributed by atoms with van der Waals surface area (Å²) in [6.45, 7) is 2.54. The molecule has 1 rings (SSSR count). The molecule has 17 heavy (non-hydrogen) atoms. The van der Waals surface area contributed by atoms with Crippen molar-refractivity contribution in [2.75, 3.05) is 27.9 Å². The molecule has 0 spiro atoms. The van der Waals surface area contributed by atoms with Crippen molar-refractivity contribution in [3.8, 4) is 11.5 Å². The van der Waals surface area contributed by atoms with E-state index < -0.39 is 5.54 Å². The Morgan fingerprint density at radius 1 is 1.12 bits per heavy atom. The highest BCUT2D eigenvalue weighted by atomic mass is 16.5. The monoisotopic (exact) mass is 239 g/mol. The van der Waals surface area contributed by atoms with Crippen molar-refractivity contribution < 1.29 is 14.2 Å². The normalized spacial score (nSPS) is 14.2. The van der Waals surface area contributed by atoms with Gasteiger partial charge in [0.05, 0.1) is 19.8 Å². The van der Waals surface area contributed by atoms with E-state index in [0.717, 1.165) is 17.1 Å². The SMILES string of the molecule is COCCC(C)(N)c1c(OC)cccc1OC. The van der Waals surface area contributed by atoms with E-state index in [-0.39, 0.29) is 0 Å². The van der Waals surface area contributed by atoms with Crippen molar-refractivity contribution in [1.29, 1.82) is 0 Å². The van der Waals surface area contributed by atoms with Crippen LogP contribution < -0.4 is 15.2 Å². The van der Waals surface area contributed by atoms with Crippen LogP contribution in [-0.2, 0) is 10.3 Å². The highest BCUT2D eigenvalue weighted by Gasteiger charge is 2.28. The largest absolute Gasteiger partial charge is 0.496 e. The Balaban J connectivity index is 3.16. The first-order valence-corrected chi connectivity index (χ1v) is 5.56. The Hall–Kier alpha value is -1.26. The predicted molar refractivity (Wildman–Crippen MR) is 67.6 cm³/mol. The molecule has 0 aliphatic carbocycles. The van der Waals surface area contributed by atoms with Crippen molar-refractivity contribution in [2.24, 2.45) is 5.73 Å². The van der Waals surface area contributed by atoms with Gasteiger partial charge in [0.15, 0.2) is 0 Å². The molecule has 1 atom stereocenters. The van der Waals surface area contributed by atoms with E-state index in [1.807, 2.05) is 25.1 Å². The smallest absolute Gasteiger partial charge is 0.127 e. The van der Waals surface area contributed by atoms with Gasteiger partial charge in [-0.25, -0.2) is 0 Å². The molecule has 0 amide bonds. The van der Waals surface area contributed by atoms with Crippen LogP contribution in [0.4, 0.5) is 0 Å². The number of hydrogen-bond donors (Lipinski definition) is 1. The van der Waals surface area contributed by atoms with Gasteiger partial charge in [-0.2, -0.15) is 0 Å². The minimum atomic E-state index is -0.548. The number of nitrogens with two attached hydrogens (primary N) is 1. The number of hydrogen-bond acceptors (Lipinski definition) is 4. The van der Waals surface area contributed by atoms with Crippen molar-refractivity contribution in [1.82, 2.24) is 0 Å². The molecule has 0 bridgehead atoms. The zero-order valence-corrected chi connectivity index (χ0v) is 10.9. The van der Waals surface area contributed by atoms with Crippen molar-refractivity contribution in [2.45, 2.75) is 18.9 Å². The third-order valence-corrected chi connectivity index (χ3v) is 2.82. The molecule has 2 N–H and O–H groups in total. The third-order valence-electron chi connectivity index (χ3n) is 2.82. The van der Waals surface area contributed by atoms with Crippen LogP contribution in [0.25, 0.3) is 0 Å². The minimum absolute atomic E-state index is 0.548. The topological polar surface area (TPSA) is 53.7 Å². The van der Waals surface area contributed by atoms with Gasteiger partial charge in [0.2, 0.25) is 0 Å². The van der Waals surface area contributed by atoms with E-state index in [2.05, 4.69) is 0 Å². The van der Waals surface area contributed by atoms with Crippen LogP contribution in [0.15, 0.2) is 18.2 Å². The van der Waals surface area contributed by atoms with Crippen molar-refractivity contribution in [3.05, 3.63) is 23.8 Å². The number of rotatable bonds is 6. The lowest BCUT2D eigenvalue weighted by Crippen LogP contribution is -2.35. The van der Waals surface area contributed by atoms with Gasteiger partial charge in [-0.05, 0) is 25.5 Å². The van der Waals surface area contributed by atoms with Crippen molar-refractivity contribution in [3.63, 3.8) is 0 Å². The van der Waals surface area contributed by atoms with Gasteiger partial charge in [0, 0.05) is 19.3 Å². The summed E-state index contributed by atoms with van der Waals surface area (Å²) in [7, 11) is 4.92. The second-order valence-corrected chi connectivity index (χ2v) is 4.20. The van der Waals surface area contributed by atoms with Gasteiger partial charge in [0.25, 0.3) is 0 Å². The molecule has 0 saturated carbocycles. The lowest BCUT2D eigenvalue weighted by atomic mass is 9.88. The van der Waals surface area contributed by atoms with Crippen LogP contribution >= 0.6 is 0 Å². The molecule has 0 saturated heterocycles. The molecular weight excluding hydrogens is 218 g/mol. The molecule has 1 aromatic rings. The zero-order valence-electron chi connectivity index (χ0n) is 10.9. The van der Waals surface area contributed by atoms with Crippen LogP contribution in [-0.4, -0.2) is 27.9 Å². The fourth-order valence-electron chi connectivity index (χ4n) is 1.85. The Labute approximate surface area is 103 Å². The lowest BCUT2D eigenvalue weighted by molar-refractivity contribution is 0.170. The van der Waals surface area contributed by atoms with E-state index in [9.17, 15) is 0 Å². The maximum Gasteiger partial charge on any atom is 0.127 e. The van der Waals surface area contributed by atoms with Gasteiger partial charge in [0.1, 0.15) is 11.5 Å². The highest BCUT2D eigenvalue weighted by Crippen LogP contribution is 2.37.